The number of para-hydroxylation sites is 3. The minimum absolute atomic E-state index is 0. The van der Waals surface area contributed by atoms with Gasteiger partial charge in [0.1, 0.15) is 0 Å². The second kappa shape index (κ2) is 13.0. The topological polar surface area (TPSA) is 8.81 Å². The van der Waals surface area contributed by atoms with Crippen LogP contribution in [0, 0.1) is 31.5 Å². The van der Waals surface area contributed by atoms with Gasteiger partial charge in [0.05, 0.1) is 24.8 Å². The summed E-state index contributed by atoms with van der Waals surface area (Å²) in [5, 5.41) is 3.06. The molecule has 0 saturated heterocycles. The maximum atomic E-state index is 3.55. The molecule has 0 bridgehead atoms. The average molecular weight is 775 g/mol. The minimum atomic E-state index is -1.65. The van der Waals surface area contributed by atoms with Crippen molar-refractivity contribution in [2.24, 2.45) is 0 Å². The zero-order valence-electron chi connectivity index (χ0n) is 25.6. The molecule has 218 valence electrons. The molecule has 0 radical (unpaired) electrons. The number of imidazole rings is 1. The van der Waals surface area contributed by atoms with Crippen LogP contribution >= 0.6 is 0 Å². The molecule has 0 fully saturated rings. The zero-order chi connectivity index (χ0) is 30.1. The van der Waals surface area contributed by atoms with Gasteiger partial charge in [0.15, 0.2) is 6.71 Å². The van der Waals surface area contributed by atoms with Crippen LogP contribution in [0.4, 0.5) is 0 Å². The third-order valence-corrected chi connectivity index (χ3v) is 12.2. The van der Waals surface area contributed by atoms with Crippen LogP contribution in [-0.2, 0) is 21.1 Å². The molecule has 0 atom stereocenters. The summed E-state index contributed by atoms with van der Waals surface area (Å²) in [4.78, 5) is 0. The normalized spacial score (nSPS) is 12.7. The Labute approximate surface area is 282 Å². The summed E-state index contributed by atoms with van der Waals surface area (Å²) >= 11 is 0. The Morgan fingerprint density at radius 2 is 1.31 bits per heavy atom. The molecule has 0 amide bonds. The number of rotatable bonds is 3. The van der Waals surface area contributed by atoms with E-state index in [2.05, 4.69) is 151 Å². The van der Waals surface area contributed by atoms with E-state index < -0.39 is 8.07 Å². The van der Waals surface area contributed by atoms with E-state index >= 15 is 0 Å². The Bertz CT molecular complexity index is 2010. The molecule has 1 aliphatic heterocycles. The first-order valence-corrected chi connectivity index (χ1v) is 18.1. The Morgan fingerprint density at radius 1 is 0.644 bits per heavy atom. The summed E-state index contributed by atoms with van der Waals surface area (Å²) in [6, 6.07) is 58.8. The van der Waals surface area contributed by atoms with Crippen LogP contribution in [0.15, 0.2) is 140 Å². The van der Waals surface area contributed by atoms with Gasteiger partial charge in [0.25, 0.3) is 6.33 Å². The molecule has 0 saturated carbocycles. The number of benzene rings is 6. The Morgan fingerprint density at radius 3 is 2.07 bits per heavy atom. The van der Waals surface area contributed by atoms with E-state index in [0.29, 0.717) is 0 Å². The third-order valence-electron chi connectivity index (χ3n) is 8.63. The second-order valence-corrected chi connectivity index (χ2v) is 16.1. The molecule has 1 aromatic heterocycles. The maximum Gasteiger partial charge on any atom is 4.00 e. The Hall–Kier alpha value is -4.24. The first kappa shape index (κ1) is 30.8. The van der Waals surface area contributed by atoms with E-state index in [0.717, 1.165) is 22.4 Å². The standard InChI is InChI=1S/C20H17BSi.C20H15N2.Pt/c1-22(2)19-14-8-6-12-17(19)21(16-10-4-3-5-11-16)18-13-7-9-15-20(18)22;1-16-11-13-18(14-12-16)22-15-21(17-7-3-2-4-8-17)19-9-5-6-10-20(19)22;/h3-10,12,14-15H,1-2H3;2-7,9-14H,1H3;/q-2;-1;+4. The van der Waals surface area contributed by atoms with Crippen LogP contribution in [0.5, 0.6) is 0 Å². The van der Waals surface area contributed by atoms with Gasteiger partial charge in [-0.25, -0.2) is 0 Å². The summed E-state index contributed by atoms with van der Waals surface area (Å²) in [5.74, 6) is 0. The fourth-order valence-corrected chi connectivity index (χ4v) is 9.56. The SMILES string of the molecule is C[Si]1(C)c2ccc[c-]c2B(c2[c-]cccc2)c2ccccc21.Cc1ccc(-[n+]2[c-]n(-c3[c-]cccc3)c3ccccc32)cc1.[Pt+4]. The van der Waals surface area contributed by atoms with Crippen LogP contribution in [0.3, 0.4) is 0 Å². The zero-order valence-corrected chi connectivity index (χ0v) is 28.8. The molecule has 1 aliphatic rings. The molecular formula is C40H32BN2PtSi+. The van der Waals surface area contributed by atoms with Crippen molar-refractivity contribution >= 4 is 52.6 Å². The molecule has 5 heteroatoms. The second-order valence-electron chi connectivity index (χ2n) is 11.8. The first-order valence-electron chi connectivity index (χ1n) is 15.1. The van der Waals surface area contributed by atoms with Gasteiger partial charge in [-0.3, -0.25) is 4.57 Å². The minimum Gasteiger partial charge on any atom is -0.315 e. The summed E-state index contributed by atoms with van der Waals surface area (Å²) in [7, 11) is -1.65. The van der Waals surface area contributed by atoms with Gasteiger partial charge < -0.3 is 4.57 Å². The number of nitrogens with zero attached hydrogens (tertiary/aromatic N) is 2. The van der Waals surface area contributed by atoms with Crippen molar-refractivity contribution in [2.45, 2.75) is 20.0 Å². The van der Waals surface area contributed by atoms with Gasteiger partial charge in [-0.1, -0.05) is 90.0 Å². The fourth-order valence-electron chi connectivity index (χ4n) is 6.41. The van der Waals surface area contributed by atoms with Crippen LogP contribution in [0.25, 0.3) is 22.4 Å². The number of fused-ring (bicyclic) bond motifs is 3. The predicted octanol–water partition coefficient (Wildman–Crippen LogP) is 4.75. The molecule has 0 unspecified atom stereocenters. The molecule has 6 aromatic carbocycles. The van der Waals surface area contributed by atoms with Gasteiger partial charge in [-0.2, -0.15) is 101 Å². The van der Waals surface area contributed by atoms with E-state index in [4.69, 9.17) is 0 Å². The molecule has 0 spiro atoms. The monoisotopic (exact) mass is 774 g/mol. The molecule has 0 N–H and O–H groups in total. The number of aryl methyl sites for hydroxylation is 1. The van der Waals surface area contributed by atoms with Crippen LogP contribution in [0.2, 0.25) is 13.1 Å². The van der Waals surface area contributed by atoms with Crippen molar-refractivity contribution in [3.05, 3.63) is 170 Å². The van der Waals surface area contributed by atoms with Gasteiger partial charge >= 0.3 is 21.1 Å². The van der Waals surface area contributed by atoms with Crippen molar-refractivity contribution in [2.75, 3.05) is 0 Å². The largest absolute Gasteiger partial charge is 4.00 e. The molecule has 2 nitrogen and oxygen atoms in total. The van der Waals surface area contributed by atoms with Gasteiger partial charge in [0.2, 0.25) is 0 Å². The molecule has 45 heavy (non-hydrogen) atoms. The number of aromatic nitrogens is 2. The van der Waals surface area contributed by atoms with Crippen molar-refractivity contribution in [1.29, 1.82) is 0 Å². The fraction of sp³-hybridized carbons (Fsp3) is 0.0750. The average Bonchev–Trinajstić information content (AvgIpc) is 3.46. The quantitative estimate of drug-likeness (QED) is 0.139. The van der Waals surface area contributed by atoms with E-state index in [1.807, 2.05) is 42.5 Å². The van der Waals surface area contributed by atoms with Crippen molar-refractivity contribution in [3.8, 4) is 11.4 Å². The smallest absolute Gasteiger partial charge is 0.315 e. The summed E-state index contributed by atoms with van der Waals surface area (Å²) < 4.78 is 4.14. The summed E-state index contributed by atoms with van der Waals surface area (Å²) in [5.41, 5.74) is 9.62. The summed E-state index contributed by atoms with van der Waals surface area (Å²) in [6.07, 6.45) is 3.44. The Balaban J connectivity index is 0.000000155. The van der Waals surface area contributed by atoms with E-state index in [9.17, 15) is 0 Å². The summed E-state index contributed by atoms with van der Waals surface area (Å²) in [6.45, 7) is 7.25. The van der Waals surface area contributed by atoms with E-state index in [-0.39, 0.29) is 27.8 Å². The van der Waals surface area contributed by atoms with Crippen LogP contribution in [-0.4, -0.2) is 19.4 Å². The Kier molecular flexibility index (Phi) is 8.90. The number of hydrogen-bond acceptors (Lipinski definition) is 0. The molecule has 7 aromatic rings. The van der Waals surface area contributed by atoms with Crippen molar-refractivity contribution < 1.29 is 25.6 Å². The van der Waals surface area contributed by atoms with Crippen molar-refractivity contribution in [3.63, 3.8) is 0 Å². The maximum absolute atomic E-state index is 3.55. The third kappa shape index (κ3) is 5.81. The van der Waals surface area contributed by atoms with Gasteiger partial charge in [-0.05, 0) is 24.7 Å². The van der Waals surface area contributed by atoms with Crippen molar-refractivity contribution in [1.82, 2.24) is 4.57 Å². The van der Waals surface area contributed by atoms with Crippen LogP contribution < -0.4 is 31.3 Å². The molecule has 2 heterocycles. The first-order chi connectivity index (χ1) is 21.5. The van der Waals surface area contributed by atoms with E-state index in [1.165, 1.54) is 27.1 Å². The van der Waals surface area contributed by atoms with Crippen LogP contribution in [0.1, 0.15) is 5.56 Å². The number of hydrogen-bond donors (Lipinski definition) is 0. The molecule has 0 aliphatic carbocycles. The molecule has 8 rings (SSSR count). The van der Waals surface area contributed by atoms with Gasteiger partial charge in [0, 0.05) is 0 Å². The molecular weight excluding hydrogens is 742 g/mol. The van der Waals surface area contributed by atoms with E-state index in [1.54, 1.807) is 5.19 Å². The van der Waals surface area contributed by atoms with Gasteiger partial charge in [-0.15, -0.1) is 0 Å². The predicted molar refractivity (Wildman–Crippen MR) is 186 cm³/mol.